The zero-order valence-corrected chi connectivity index (χ0v) is 32.0. The summed E-state index contributed by atoms with van der Waals surface area (Å²) in [5.74, 6) is 0. The van der Waals surface area contributed by atoms with E-state index in [-0.39, 0.29) is 12.5 Å². The van der Waals surface area contributed by atoms with E-state index in [0.717, 1.165) is 25.9 Å². The van der Waals surface area contributed by atoms with Crippen molar-refractivity contribution in [3.8, 4) is 0 Å². The lowest BCUT2D eigenvalue weighted by Crippen LogP contribution is -2.41. The molecule has 2 unspecified atom stereocenters. The van der Waals surface area contributed by atoms with Crippen LogP contribution in [0.4, 0.5) is 0 Å². The first-order chi connectivity index (χ1) is 22.3. The molecule has 0 aromatic heterocycles. The molecule has 0 aromatic rings. The fourth-order valence-corrected chi connectivity index (χ4v) is 6.65. The van der Waals surface area contributed by atoms with Gasteiger partial charge in [-0.1, -0.05) is 220 Å². The van der Waals surface area contributed by atoms with Crippen LogP contribution in [0.15, 0.2) is 0 Å². The topological polar surface area (TPSA) is 33.3 Å². The highest BCUT2D eigenvalue weighted by Crippen LogP contribution is 2.15. The average Bonchev–Trinajstić information content (AvgIpc) is 3.06. The van der Waals surface area contributed by atoms with Gasteiger partial charge in [0, 0.05) is 0 Å². The number of rotatable bonds is 40. The van der Waals surface area contributed by atoms with Crippen LogP contribution in [0.25, 0.3) is 0 Å². The largest absolute Gasteiger partial charge is 0.345 e. The fourth-order valence-electron chi connectivity index (χ4n) is 6.65. The van der Waals surface area contributed by atoms with Crippen LogP contribution in [0.3, 0.4) is 0 Å². The van der Waals surface area contributed by atoms with Crippen LogP contribution >= 0.6 is 0 Å². The van der Waals surface area contributed by atoms with Gasteiger partial charge in [-0.05, 0) is 38.8 Å². The molecule has 0 radical (unpaired) electrons. The second-order valence-electron chi connectivity index (χ2n) is 14.4. The Morgan fingerprint density at radius 3 is 0.689 bits per heavy atom. The monoisotopic (exact) mass is 637 g/mol. The smallest absolute Gasteiger partial charge is 0.109 e. The van der Waals surface area contributed by atoms with Gasteiger partial charge < -0.3 is 4.74 Å². The molecule has 0 saturated carbocycles. The van der Waals surface area contributed by atoms with Crippen molar-refractivity contribution >= 4 is 0 Å². The lowest BCUT2D eigenvalue weighted by Gasteiger charge is -2.25. The molecule has 0 aliphatic heterocycles. The van der Waals surface area contributed by atoms with Gasteiger partial charge in [0.25, 0.3) is 0 Å². The quantitative estimate of drug-likeness (QED) is 0.0518. The molecule has 3 heteroatoms. The molecular weight excluding hydrogens is 548 g/mol. The van der Waals surface area contributed by atoms with Crippen molar-refractivity contribution < 1.29 is 4.74 Å². The van der Waals surface area contributed by atoms with E-state index < -0.39 is 0 Å². The summed E-state index contributed by atoms with van der Waals surface area (Å²) in [4.78, 5) is 0. The van der Waals surface area contributed by atoms with Crippen LogP contribution in [0, 0.1) is 0 Å². The zero-order valence-electron chi connectivity index (χ0n) is 32.0. The first-order valence-corrected chi connectivity index (χ1v) is 21.4. The third kappa shape index (κ3) is 36.6. The molecule has 0 fully saturated rings. The van der Waals surface area contributed by atoms with E-state index in [1.165, 1.54) is 205 Å². The summed E-state index contributed by atoms with van der Waals surface area (Å²) in [6.45, 7) is 11.3. The highest BCUT2D eigenvalue weighted by atomic mass is 16.5. The molecule has 0 spiro atoms. The van der Waals surface area contributed by atoms with E-state index in [2.05, 4.69) is 38.3 Å². The minimum atomic E-state index is 0.185. The molecular formula is C42H88N2O. The maximum Gasteiger partial charge on any atom is 0.109 e. The fraction of sp³-hybridized carbons (Fsp3) is 1.00. The van der Waals surface area contributed by atoms with Crippen molar-refractivity contribution in [1.82, 2.24) is 10.6 Å². The second kappa shape index (κ2) is 40.1. The summed E-state index contributed by atoms with van der Waals surface area (Å²) in [6, 6.07) is 0. The molecule has 0 aliphatic rings. The molecule has 0 aliphatic carbocycles. The highest BCUT2D eigenvalue weighted by molar-refractivity contribution is 4.61. The van der Waals surface area contributed by atoms with Gasteiger partial charge in [-0.3, -0.25) is 10.6 Å². The van der Waals surface area contributed by atoms with Crippen LogP contribution in [0.5, 0.6) is 0 Å². The Labute approximate surface area is 286 Å². The first kappa shape index (κ1) is 44.9. The molecule has 45 heavy (non-hydrogen) atoms. The Morgan fingerprint density at radius 1 is 0.289 bits per heavy atom. The normalized spacial score (nSPS) is 13.1. The lowest BCUT2D eigenvalue weighted by atomic mass is 10.0. The summed E-state index contributed by atoms with van der Waals surface area (Å²) in [5, 5.41) is 7.36. The van der Waals surface area contributed by atoms with Gasteiger partial charge >= 0.3 is 0 Å². The summed E-state index contributed by atoms with van der Waals surface area (Å²) >= 11 is 0. The molecule has 0 amide bonds. The van der Waals surface area contributed by atoms with Crippen LogP contribution < -0.4 is 10.6 Å². The van der Waals surface area contributed by atoms with Gasteiger partial charge in [0.15, 0.2) is 0 Å². The Kier molecular flexibility index (Phi) is 39.9. The predicted octanol–water partition coefficient (Wildman–Crippen LogP) is 14.2. The molecule has 0 heterocycles. The minimum Gasteiger partial charge on any atom is -0.345 e. The molecule has 0 saturated heterocycles. The van der Waals surface area contributed by atoms with Gasteiger partial charge in [0.05, 0.1) is 0 Å². The predicted molar refractivity (Wildman–Crippen MR) is 204 cm³/mol. The average molecular weight is 637 g/mol. The van der Waals surface area contributed by atoms with E-state index in [1.807, 2.05) is 0 Å². The zero-order chi connectivity index (χ0) is 32.7. The Balaban J connectivity index is 3.47. The van der Waals surface area contributed by atoms with E-state index >= 15 is 0 Å². The number of hydrogen-bond donors (Lipinski definition) is 2. The summed E-state index contributed by atoms with van der Waals surface area (Å²) in [6.07, 6.45) is 48.1. The van der Waals surface area contributed by atoms with E-state index in [4.69, 9.17) is 4.74 Å². The van der Waals surface area contributed by atoms with Crippen molar-refractivity contribution in [3.05, 3.63) is 0 Å². The lowest BCUT2D eigenvalue weighted by molar-refractivity contribution is -0.0495. The SMILES string of the molecule is CCCCCCCCCCCCCCCCCCNC(CC)OC(CC)NCCCCCCCCCCCCCCCCCC. The maximum atomic E-state index is 6.38. The Morgan fingerprint density at radius 2 is 0.489 bits per heavy atom. The van der Waals surface area contributed by atoms with E-state index in [9.17, 15) is 0 Å². The molecule has 0 aromatic carbocycles. The van der Waals surface area contributed by atoms with Gasteiger partial charge in [-0.15, -0.1) is 0 Å². The molecule has 0 rings (SSSR count). The summed E-state index contributed by atoms with van der Waals surface area (Å²) in [5.41, 5.74) is 0. The van der Waals surface area contributed by atoms with Gasteiger partial charge in [-0.2, -0.15) is 0 Å². The number of hydrogen-bond acceptors (Lipinski definition) is 3. The van der Waals surface area contributed by atoms with Crippen molar-refractivity contribution in [3.63, 3.8) is 0 Å². The van der Waals surface area contributed by atoms with Gasteiger partial charge in [0.2, 0.25) is 0 Å². The maximum absolute atomic E-state index is 6.38. The van der Waals surface area contributed by atoms with Crippen molar-refractivity contribution in [1.29, 1.82) is 0 Å². The van der Waals surface area contributed by atoms with E-state index in [1.54, 1.807) is 0 Å². The third-order valence-electron chi connectivity index (χ3n) is 9.87. The van der Waals surface area contributed by atoms with Crippen LogP contribution in [-0.2, 0) is 4.74 Å². The number of ether oxygens (including phenoxy) is 1. The molecule has 2 N–H and O–H groups in total. The molecule has 272 valence electrons. The van der Waals surface area contributed by atoms with Crippen molar-refractivity contribution in [2.75, 3.05) is 13.1 Å². The summed E-state index contributed by atoms with van der Waals surface area (Å²) < 4.78 is 6.38. The van der Waals surface area contributed by atoms with Crippen LogP contribution in [0.1, 0.15) is 246 Å². The van der Waals surface area contributed by atoms with Crippen molar-refractivity contribution in [2.45, 2.75) is 258 Å². The first-order valence-electron chi connectivity index (χ1n) is 21.4. The highest BCUT2D eigenvalue weighted by Gasteiger charge is 2.12. The van der Waals surface area contributed by atoms with E-state index in [0.29, 0.717) is 0 Å². The van der Waals surface area contributed by atoms with Gasteiger partial charge in [0.1, 0.15) is 12.5 Å². The molecule has 0 bridgehead atoms. The number of unbranched alkanes of at least 4 members (excludes halogenated alkanes) is 30. The Bertz CT molecular complexity index is 469. The minimum absolute atomic E-state index is 0.185. The molecule has 3 nitrogen and oxygen atoms in total. The molecule has 2 atom stereocenters. The standard InChI is InChI=1S/C42H88N2O/c1-5-9-11-13-15-17-19-21-23-25-27-29-31-33-35-37-39-43-41(7-3)45-42(8-4)44-40-38-36-34-32-30-28-26-24-22-20-18-16-14-12-10-6-2/h41-44H,5-40H2,1-4H3. The van der Waals surface area contributed by atoms with Crippen LogP contribution in [-0.4, -0.2) is 25.5 Å². The summed E-state index contributed by atoms with van der Waals surface area (Å²) in [7, 11) is 0. The Hall–Kier alpha value is -0.120. The van der Waals surface area contributed by atoms with Crippen LogP contribution in [0.2, 0.25) is 0 Å². The third-order valence-corrected chi connectivity index (χ3v) is 9.87. The second-order valence-corrected chi connectivity index (χ2v) is 14.4. The van der Waals surface area contributed by atoms with Gasteiger partial charge in [-0.25, -0.2) is 0 Å². The number of nitrogens with one attached hydrogen (secondary N) is 2. The van der Waals surface area contributed by atoms with Crippen molar-refractivity contribution in [2.24, 2.45) is 0 Å².